The van der Waals surface area contributed by atoms with E-state index in [1.807, 2.05) is 24.8 Å². The van der Waals surface area contributed by atoms with Crippen molar-refractivity contribution in [2.45, 2.75) is 25.2 Å². The third-order valence-electron chi connectivity index (χ3n) is 16.7. The van der Waals surface area contributed by atoms with Crippen LogP contribution in [0.3, 0.4) is 0 Å². The maximum absolute atomic E-state index is 5.58. The van der Waals surface area contributed by atoms with E-state index in [-0.39, 0.29) is 0 Å². The van der Waals surface area contributed by atoms with Crippen LogP contribution in [0.2, 0.25) is 25.2 Å². The third kappa shape index (κ3) is 7.70. The highest BCUT2D eigenvalue weighted by Gasteiger charge is 2.54. The van der Waals surface area contributed by atoms with Gasteiger partial charge in [0.15, 0.2) is 0 Å². The molecule has 4 aromatic heterocycles. The first-order chi connectivity index (χ1) is 38.5. The van der Waals surface area contributed by atoms with Crippen molar-refractivity contribution in [3.63, 3.8) is 0 Å². The quantitative estimate of drug-likeness (QED) is 0.121. The van der Waals surface area contributed by atoms with Crippen LogP contribution in [0.15, 0.2) is 267 Å². The van der Waals surface area contributed by atoms with Crippen LogP contribution in [0, 0.1) is 0 Å². The number of hydrogen-bond donors (Lipinski definition) is 0. The predicted molar refractivity (Wildman–Crippen MR) is 333 cm³/mol. The molecular formula is C72H54N4Si2. The fourth-order valence-corrected chi connectivity index (χ4v) is 24.9. The first-order valence-corrected chi connectivity index (χ1v) is 32.5. The van der Waals surface area contributed by atoms with Gasteiger partial charge < -0.3 is 0 Å². The lowest BCUT2D eigenvalue weighted by Crippen LogP contribution is -2.40. The van der Waals surface area contributed by atoms with Gasteiger partial charge in [-0.2, -0.15) is 0 Å². The molecule has 6 heteroatoms. The van der Waals surface area contributed by atoms with Gasteiger partial charge in [0.1, 0.15) is 16.1 Å². The Kier molecular flexibility index (Phi) is 11.8. The molecule has 0 fully saturated rings. The number of benzene rings is 8. The van der Waals surface area contributed by atoms with Gasteiger partial charge in [0.25, 0.3) is 0 Å². The third-order valence-corrected chi connectivity index (χ3v) is 26.1. The van der Waals surface area contributed by atoms with Crippen LogP contribution in [0.4, 0.5) is 0 Å². The first kappa shape index (κ1) is 47.3. The maximum Gasteiger partial charge on any atom is 0.122 e. The molecule has 0 amide bonds. The number of rotatable bonds is 11. The Morgan fingerprint density at radius 1 is 0.244 bits per heavy atom. The van der Waals surface area contributed by atoms with Gasteiger partial charge in [0.2, 0.25) is 0 Å². The summed E-state index contributed by atoms with van der Waals surface area (Å²) >= 11 is 0. The van der Waals surface area contributed by atoms with Gasteiger partial charge in [-0.3, -0.25) is 19.9 Å². The van der Waals surface area contributed by atoms with Gasteiger partial charge in [0, 0.05) is 46.3 Å². The minimum Gasteiger partial charge on any atom is -0.256 e. The summed E-state index contributed by atoms with van der Waals surface area (Å²) in [6, 6.07) is 90.3. The normalized spacial score (nSPS) is 15.2. The van der Waals surface area contributed by atoms with Crippen LogP contribution in [0.1, 0.15) is 45.0 Å². The van der Waals surface area contributed by atoms with E-state index in [2.05, 4.69) is 256 Å². The van der Waals surface area contributed by atoms with Crippen molar-refractivity contribution >= 4 is 102 Å². The highest BCUT2D eigenvalue weighted by Crippen LogP contribution is 2.62. The average molecular weight is 1030 g/mol. The smallest absolute Gasteiger partial charge is 0.122 e. The van der Waals surface area contributed by atoms with Gasteiger partial charge in [0.05, 0.1) is 22.8 Å². The first-order valence-electron chi connectivity index (χ1n) is 27.1. The number of fused-ring (bicyclic) bond motifs is 4. The van der Waals surface area contributed by atoms with Crippen LogP contribution < -0.4 is 0 Å². The fourth-order valence-electron chi connectivity index (χ4n) is 13.2. The molecule has 0 saturated heterocycles. The van der Waals surface area contributed by atoms with Gasteiger partial charge in [-0.05, 0) is 111 Å². The zero-order valence-corrected chi connectivity index (χ0v) is 45.6. The van der Waals surface area contributed by atoms with E-state index < -0.39 is 16.1 Å². The topological polar surface area (TPSA) is 51.6 Å². The molecule has 6 heterocycles. The minimum absolute atomic E-state index is 0.884. The van der Waals surface area contributed by atoms with E-state index >= 15 is 0 Å². The van der Waals surface area contributed by atoms with Gasteiger partial charge in [-0.1, -0.05) is 244 Å². The summed E-state index contributed by atoms with van der Waals surface area (Å²) in [5.41, 5.74) is 13.9. The molecule has 0 radical (unpaired) electrons. The van der Waals surface area contributed by atoms with Gasteiger partial charge in [-0.15, -0.1) is 0 Å². The molecule has 0 bridgehead atoms. The summed E-state index contributed by atoms with van der Waals surface area (Å²) < 4.78 is 0. The van der Waals surface area contributed by atoms with Crippen molar-refractivity contribution in [3.05, 3.63) is 312 Å². The zero-order chi connectivity index (χ0) is 52.2. The molecular weight excluding hydrogens is 977 g/mol. The number of allylic oxidation sites excluding steroid dienone is 4. The van der Waals surface area contributed by atoms with Crippen molar-refractivity contribution < 1.29 is 0 Å². The van der Waals surface area contributed by atoms with Gasteiger partial charge >= 0.3 is 0 Å². The van der Waals surface area contributed by atoms with Crippen LogP contribution in [-0.4, -0.2) is 36.1 Å². The van der Waals surface area contributed by atoms with E-state index in [0.717, 1.165) is 56.4 Å². The SMILES string of the molecule is C[Si]1(CC[Si]2(C)C(c3nccc4ccccc34)=C(c3ccccc3)C(c3ccccc3)=C2c2nccc3ccccc23)C(c2nccc3ccccc23)=C(c2ccccc2)C(c2ccccc2)=C1c1nccc2ccccc12. The molecule has 0 unspecified atom stereocenters. The van der Waals surface area contributed by atoms with E-state index in [4.69, 9.17) is 19.9 Å². The van der Waals surface area contributed by atoms with Gasteiger partial charge in [-0.25, -0.2) is 0 Å². The molecule has 2 aliphatic rings. The Morgan fingerprint density at radius 2 is 0.449 bits per heavy atom. The Hall–Kier alpha value is -9.21. The standard InChI is InChI=1S/C72H54N4Si2/c1-77(69(65-57-35-19-15-23-49(57)39-43-73-65)61(53-27-7-3-8-28-53)62(54-29-9-4-10-30-54)70(77)66-58-36-20-16-24-50(58)40-44-74-66)47-48-78(2)71(67-59-37-21-17-25-51(59)41-45-75-67)63(55-31-11-5-12-32-55)64(56-33-13-6-14-34-56)72(78)68-60-38-22-18-26-52(60)42-46-76-68/h3-46H,47-48H2,1-2H3. The van der Waals surface area contributed by atoms with Crippen LogP contribution in [0.25, 0.3) is 86.2 Å². The molecule has 0 spiro atoms. The Bertz CT molecular complexity index is 3860. The van der Waals surface area contributed by atoms with Crippen LogP contribution >= 0.6 is 0 Å². The summed E-state index contributed by atoms with van der Waals surface area (Å²) in [5.74, 6) is 0. The molecule has 2 aliphatic heterocycles. The largest absolute Gasteiger partial charge is 0.256 e. The Balaban J connectivity index is 1.13. The summed E-state index contributed by atoms with van der Waals surface area (Å²) in [7, 11) is -6.31. The molecule has 4 nitrogen and oxygen atoms in total. The van der Waals surface area contributed by atoms with E-state index in [1.54, 1.807) is 0 Å². The molecule has 78 heavy (non-hydrogen) atoms. The molecule has 12 aromatic rings. The molecule has 0 saturated carbocycles. The maximum atomic E-state index is 5.58. The molecule has 370 valence electrons. The zero-order valence-electron chi connectivity index (χ0n) is 43.6. The number of pyridine rings is 4. The lowest BCUT2D eigenvalue weighted by Gasteiger charge is -2.36. The molecule has 0 atom stereocenters. The predicted octanol–water partition coefficient (Wildman–Crippen LogP) is 18.0. The van der Waals surface area contributed by atoms with Crippen LogP contribution in [-0.2, 0) is 0 Å². The van der Waals surface area contributed by atoms with Crippen molar-refractivity contribution in [2.75, 3.05) is 0 Å². The summed E-state index contributed by atoms with van der Waals surface area (Å²) in [6.45, 7) is 5.32. The summed E-state index contributed by atoms with van der Waals surface area (Å²) in [5, 5.41) is 14.7. The van der Waals surface area contributed by atoms with Crippen molar-refractivity contribution in [1.29, 1.82) is 0 Å². The molecule has 14 rings (SSSR count). The average Bonchev–Trinajstić information content (AvgIpc) is 4.18. The Labute approximate surface area is 457 Å². The Morgan fingerprint density at radius 3 is 0.679 bits per heavy atom. The lowest BCUT2D eigenvalue weighted by molar-refractivity contribution is 1.27. The van der Waals surface area contributed by atoms with Crippen molar-refractivity contribution in [2.24, 2.45) is 0 Å². The highest BCUT2D eigenvalue weighted by atomic mass is 28.3. The van der Waals surface area contributed by atoms with E-state index in [9.17, 15) is 0 Å². The molecule has 0 aliphatic carbocycles. The number of nitrogens with zero attached hydrogens (tertiary/aromatic N) is 4. The van der Waals surface area contributed by atoms with E-state index in [0.29, 0.717) is 0 Å². The second kappa shape index (κ2) is 19.4. The minimum atomic E-state index is -3.16. The second-order valence-corrected chi connectivity index (χ2v) is 29.5. The summed E-state index contributed by atoms with van der Waals surface area (Å²) in [4.78, 5) is 22.3. The van der Waals surface area contributed by atoms with E-state index in [1.165, 1.54) is 86.9 Å². The molecule has 0 N–H and O–H groups in total. The second-order valence-electron chi connectivity index (χ2n) is 21.2. The van der Waals surface area contributed by atoms with Crippen molar-refractivity contribution in [3.8, 4) is 0 Å². The summed E-state index contributed by atoms with van der Waals surface area (Å²) in [6.07, 6.45) is 8.13. The fraction of sp³-hybridized carbons (Fsp3) is 0.0556. The lowest BCUT2D eigenvalue weighted by atomic mass is 9.89. The van der Waals surface area contributed by atoms with Crippen LogP contribution in [0.5, 0.6) is 0 Å². The number of aromatic nitrogens is 4. The highest BCUT2D eigenvalue weighted by molar-refractivity contribution is 7.18. The molecule has 8 aromatic carbocycles. The monoisotopic (exact) mass is 1030 g/mol. The van der Waals surface area contributed by atoms with Crippen molar-refractivity contribution in [1.82, 2.24) is 19.9 Å². The number of hydrogen-bond acceptors (Lipinski definition) is 4.